The van der Waals surface area contributed by atoms with Crippen molar-refractivity contribution in [2.24, 2.45) is 0 Å². The summed E-state index contributed by atoms with van der Waals surface area (Å²) in [6.07, 6.45) is 5.15. The van der Waals surface area contributed by atoms with Crippen LogP contribution in [0.5, 0.6) is 0 Å². The van der Waals surface area contributed by atoms with Crippen molar-refractivity contribution in [3.8, 4) is 28.1 Å². The van der Waals surface area contributed by atoms with E-state index in [0.29, 0.717) is 21.5 Å². The normalized spacial score (nSPS) is 11.2. The number of carbonyl (C=O) groups excluding carboxylic acids is 1. The minimum absolute atomic E-state index is 0.223. The van der Waals surface area contributed by atoms with Crippen LogP contribution in [0, 0.1) is 0 Å². The molecular formula is C28H18Cl2N2O2. The van der Waals surface area contributed by atoms with Gasteiger partial charge in [0.15, 0.2) is 5.76 Å². The Bertz CT molecular complexity index is 1490. The minimum atomic E-state index is -0.264. The van der Waals surface area contributed by atoms with E-state index in [0.717, 1.165) is 22.4 Å². The Labute approximate surface area is 206 Å². The van der Waals surface area contributed by atoms with E-state index in [2.05, 4.69) is 0 Å². The van der Waals surface area contributed by atoms with Crippen LogP contribution in [0.1, 0.15) is 16.2 Å². The molecule has 6 heteroatoms. The van der Waals surface area contributed by atoms with Crippen molar-refractivity contribution in [1.82, 2.24) is 9.78 Å². The van der Waals surface area contributed by atoms with E-state index in [4.69, 9.17) is 32.7 Å². The highest BCUT2D eigenvalue weighted by atomic mass is 35.5. The van der Waals surface area contributed by atoms with Gasteiger partial charge in [0.2, 0.25) is 5.78 Å². The van der Waals surface area contributed by atoms with E-state index in [1.54, 1.807) is 36.4 Å². The van der Waals surface area contributed by atoms with Crippen molar-refractivity contribution >= 4 is 35.1 Å². The molecule has 0 unspecified atom stereocenters. The largest absolute Gasteiger partial charge is 0.453 e. The van der Waals surface area contributed by atoms with Crippen LogP contribution in [0.3, 0.4) is 0 Å². The monoisotopic (exact) mass is 484 g/mol. The van der Waals surface area contributed by atoms with Gasteiger partial charge in [0.25, 0.3) is 0 Å². The smallest absolute Gasteiger partial charge is 0.221 e. The van der Waals surface area contributed by atoms with E-state index in [1.807, 2.05) is 71.5 Å². The van der Waals surface area contributed by atoms with E-state index in [1.165, 1.54) is 6.08 Å². The molecule has 0 aliphatic rings. The number of ketones is 1. The molecule has 0 amide bonds. The van der Waals surface area contributed by atoms with Gasteiger partial charge in [0, 0.05) is 17.3 Å². The zero-order valence-electron chi connectivity index (χ0n) is 17.9. The SMILES string of the molecule is O=C(C=Cc1nn(-c2ccccc2)cc1-c1ccccc1)c1ccc(-c2ccc(Cl)c(Cl)c2)o1. The molecule has 2 aromatic heterocycles. The maximum absolute atomic E-state index is 12.8. The summed E-state index contributed by atoms with van der Waals surface area (Å²) >= 11 is 12.1. The summed E-state index contributed by atoms with van der Waals surface area (Å²) in [6, 6.07) is 28.3. The number of para-hydroxylation sites is 1. The first kappa shape index (κ1) is 22.0. The second-order valence-corrected chi connectivity index (χ2v) is 8.38. The average Bonchev–Trinajstić information content (AvgIpc) is 3.53. The molecule has 0 fully saturated rings. The molecule has 0 saturated heterocycles. The molecule has 0 aliphatic heterocycles. The lowest BCUT2D eigenvalue weighted by Crippen LogP contribution is -1.94. The van der Waals surface area contributed by atoms with Crippen LogP contribution >= 0.6 is 23.2 Å². The third-order valence-electron chi connectivity index (χ3n) is 5.29. The third-order valence-corrected chi connectivity index (χ3v) is 6.03. The number of allylic oxidation sites excluding steroid dienone is 1. The number of rotatable bonds is 6. The molecular weight excluding hydrogens is 467 g/mol. The van der Waals surface area contributed by atoms with Gasteiger partial charge in [-0.05, 0) is 60.2 Å². The summed E-state index contributed by atoms with van der Waals surface area (Å²) in [4.78, 5) is 12.8. The third kappa shape index (κ3) is 4.60. The molecule has 0 aliphatic carbocycles. The zero-order valence-corrected chi connectivity index (χ0v) is 19.4. The number of nitrogens with zero attached hydrogens (tertiary/aromatic N) is 2. The molecule has 5 rings (SSSR count). The van der Waals surface area contributed by atoms with Crippen molar-refractivity contribution < 1.29 is 9.21 Å². The highest BCUT2D eigenvalue weighted by molar-refractivity contribution is 6.42. The van der Waals surface area contributed by atoms with Crippen LogP contribution in [0.15, 0.2) is 108 Å². The number of benzene rings is 3. The van der Waals surface area contributed by atoms with Gasteiger partial charge in [0.1, 0.15) is 5.76 Å². The molecule has 0 bridgehead atoms. The van der Waals surface area contributed by atoms with Crippen LogP contribution in [0.4, 0.5) is 0 Å². The number of hydrogen-bond donors (Lipinski definition) is 0. The maximum atomic E-state index is 12.8. The van der Waals surface area contributed by atoms with Crippen LogP contribution in [-0.4, -0.2) is 15.6 Å². The Balaban J connectivity index is 1.45. The van der Waals surface area contributed by atoms with Gasteiger partial charge in [-0.2, -0.15) is 5.10 Å². The molecule has 0 spiro atoms. The van der Waals surface area contributed by atoms with Crippen LogP contribution in [-0.2, 0) is 0 Å². The first-order valence-electron chi connectivity index (χ1n) is 10.6. The molecule has 2 heterocycles. The topological polar surface area (TPSA) is 48.0 Å². The van der Waals surface area contributed by atoms with Gasteiger partial charge in [-0.15, -0.1) is 0 Å². The highest BCUT2D eigenvalue weighted by Crippen LogP contribution is 2.30. The second-order valence-electron chi connectivity index (χ2n) is 7.56. The van der Waals surface area contributed by atoms with E-state index in [-0.39, 0.29) is 11.5 Å². The number of carbonyl (C=O) groups is 1. The fourth-order valence-electron chi connectivity index (χ4n) is 3.58. The molecule has 5 aromatic rings. The van der Waals surface area contributed by atoms with Gasteiger partial charge in [-0.1, -0.05) is 71.7 Å². The number of halogens is 2. The van der Waals surface area contributed by atoms with Crippen molar-refractivity contribution in [2.75, 3.05) is 0 Å². The van der Waals surface area contributed by atoms with E-state index >= 15 is 0 Å². The molecule has 0 radical (unpaired) electrons. The summed E-state index contributed by atoms with van der Waals surface area (Å²) in [7, 11) is 0. The molecule has 0 N–H and O–H groups in total. The summed E-state index contributed by atoms with van der Waals surface area (Å²) in [5.74, 6) is 0.495. The second kappa shape index (κ2) is 9.56. The van der Waals surface area contributed by atoms with Gasteiger partial charge in [-0.25, -0.2) is 4.68 Å². The quantitative estimate of drug-likeness (QED) is 0.181. The molecule has 34 heavy (non-hydrogen) atoms. The fraction of sp³-hybridized carbons (Fsp3) is 0. The van der Waals surface area contributed by atoms with Crippen LogP contribution in [0.25, 0.3) is 34.2 Å². The first-order valence-corrected chi connectivity index (χ1v) is 11.3. The van der Waals surface area contributed by atoms with Crippen molar-refractivity contribution in [3.63, 3.8) is 0 Å². The van der Waals surface area contributed by atoms with Crippen LogP contribution < -0.4 is 0 Å². The number of furan rings is 1. The lowest BCUT2D eigenvalue weighted by Gasteiger charge is -2.00. The predicted octanol–water partition coefficient (Wildman–Crippen LogP) is 8.00. The van der Waals surface area contributed by atoms with Crippen LogP contribution in [0.2, 0.25) is 10.0 Å². The van der Waals surface area contributed by atoms with Crippen molar-refractivity contribution in [1.29, 1.82) is 0 Å². The van der Waals surface area contributed by atoms with Gasteiger partial charge >= 0.3 is 0 Å². The lowest BCUT2D eigenvalue weighted by atomic mass is 10.1. The summed E-state index contributed by atoms with van der Waals surface area (Å²) in [5, 5.41) is 5.59. The number of hydrogen-bond acceptors (Lipinski definition) is 3. The Morgan fingerprint density at radius 2 is 1.56 bits per heavy atom. The highest BCUT2D eigenvalue weighted by Gasteiger charge is 2.13. The number of aromatic nitrogens is 2. The Kier molecular flexibility index (Phi) is 6.17. The predicted molar refractivity (Wildman–Crippen MR) is 137 cm³/mol. The van der Waals surface area contributed by atoms with Gasteiger partial charge in [0.05, 0.1) is 21.4 Å². The minimum Gasteiger partial charge on any atom is -0.453 e. The first-order chi connectivity index (χ1) is 16.6. The van der Waals surface area contributed by atoms with Crippen molar-refractivity contribution in [2.45, 2.75) is 0 Å². The lowest BCUT2D eigenvalue weighted by molar-refractivity contribution is 0.102. The van der Waals surface area contributed by atoms with E-state index in [9.17, 15) is 4.79 Å². The summed E-state index contributed by atoms with van der Waals surface area (Å²) in [5.41, 5.74) is 4.29. The Morgan fingerprint density at radius 1 is 0.824 bits per heavy atom. The zero-order chi connectivity index (χ0) is 23.5. The summed E-state index contributed by atoms with van der Waals surface area (Å²) in [6.45, 7) is 0. The average molecular weight is 485 g/mol. The summed E-state index contributed by atoms with van der Waals surface area (Å²) < 4.78 is 7.58. The standard InChI is InChI=1S/C28H18Cl2N2O2/c29-23-12-11-20(17-24(23)30)27-15-16-28(34-27)26(33)14-13-25-22(19-7-3-1-4-8-19)18-32(31-25)21-9-5-2-6-10-21/h1-18H. The molecule has 166 valence electrons. The molecule has 0 saturated carbocycles. The van der Waals surface area contributed by atoms with Gasteiger partial charge in [-0.3, -0.25) is 4.79 Å². The Morgan fingerprint density at radius 3 is 2.29 bits per heavy atom. The molecule has 0 atom stereocenters. The molecule has 3 aromatic carbocycles. The molecule has 4 nitrogen and oxygen atoms in total. The van der Waals surface area contributed by atoms with E-state index < -0.39 is 0 Å². The fourth-order valence-corrected chi connectivity index (χ4v) is 3.87. The maximum Gasteiger partial charge on any atom is 0.221 e. The Hall–Kier alpha value is -3.86. The van der Waals surface area contributed by atoms with Gasteiger partial charge < -0.3 is 4.42 Å². The van der Waals surface area contributed by atoms with Crippen molar-refractivity contribution in [3.05, 3.63) is 125 Å².